The van der Waals surface area contributed by atoms with E-state index in [1.165, 1.54) is 0 Å². The Labute approximate surface area is 114 Å². The molecule has 0 aliphatic carbocycles. The van der Waals surface area contributed by atoms with Gasteiger partial charge in [0.25, 0.3) is 0 Å². The highest BCUT2D eigenvalue weighted by Crippen LogP contribution is 1.90. The molecule has 0 radical (unpaired) electrons. The van der Waals surface area contributed by atoms with Crippen LogP contribution in [0.15, 0.2) is 18.5 Å². The molecule has 102 valence electrons. The van der Waals surface area contributed by atoms with Gasteiger partial charge in [0.05, 0.1) is 6.54 Å². The lowest BCUT2D eigenvalue weighted by Crippen LogP contribution is -2.42. The first-order valence-corrected chi connectivity index (χ1v) is 6.72. The molecule has 5 nitrogen and oxygen atoms in total. The van der Waals surface area contributed by atoms with Crippen LogP contribution in [0.1, 0.15) is 20.3 Å². The van der Waals surface area contributed by atoms with E-state index < -0.39 is 0 Å². The third kappa shape index (κ3) is 6.56. The van der Waals surface area contributed by atoms with Gasteiger partial charge in [-0.05, 0) is 38.6 Å². The van der Waals surface area contributed by atoms with Crippen molar-refractivity contribution in [3.63, 3.8) is 0 Å². The Kier molecular flexibility index (Phi) is 7.36. The summed E-state index contributed by atoms with van der Waals surface area (Å²) in [6, 6.07) is 2.16. The third-order valence-electron chi connectivity index (χ3n) is 2.35. The van der Waals surface area contributed by atoms with Crippen LogP contribution in [0, 0.1) is 0 Å². The van der Waals surface area contributed by atoms with Crippen molar-refractivity contribution in [3.05, 3.63) is 18.5 Å². The van der Waals surface area contributed by atoms with Crippen LogP contribution < -0.4 is 10.6 Å². The number of nitrogens with one attached hydrogen (secondary N) is 2. The summed E-state index contributed by atoms with van der Waals surface area (Å²) in [5.74, 6) is 0. The van der Waals surface area contributed by atoms with E-state index in [9.17, 15) is 0 Å². The zero-order valence-corrected chi connectivity index (χ0v) is 11.9. The molecule has 1 aromatic rings. The second-order valence-corrected chi connectivity index (χ2v) is 4.49. The molecule has 0 saturated heterocycles. The maximum absolute atomic E-state index is 5.25. The normalized spacial score (nSPS) is 12.1. The van der Waals surface area contributed by atoms with Gasteiger partial charge in [0.15, 0.2) is 5.11 Å². The quantitative estimate of drug-likeness (QED) is 0.548. The monoisotopic (exact) mass is 270 g/mol. The van der Waals surface area contributed by atoms with Crippen LogP contribution in [0.3, 0.4) is 0 Å². The summed E-state index contributed by atoms with van der Waals surface area (Å²) in [4.78, 5) is 0. The number of thiocarbonyl (C=S) groups is 1. The molecule has 1 unspecified atom stereocenters. The molecule has 1 atom stereocenters. The zero-order chi connectivity index (χ0) is 13.2. The molecule has 0 aromatic carbocycles. The van der Waals surface area contributed by atoms with E-state index in [0.717, 1.165) is 32.7 Å². The maximum atomic E-state index is 5.25. The van der Waals surface area contributed by atoms with E-state index in [4.69, 9.17) is 17.0 Å². The van der Waals surface area contributed by atoms with Crippen molar-refractivity contribution in [1.29, 1.82) is 0 Å². The summed E-state index contributed by atoms with van der Waals surface area (Å²) in [5.41, 5.74) is 0. The number of hydrogen-bond acceptors (Lipinski definition) is 3. The highest BCUT2D eigenvalue weighted by molar-refractivity contribution is 7.80. The van der Waals surface area contributed by atoms with Gasteiger partial charge in [0.1, 0.15) is 0 Å². The van der Waals surface area contributed by atoms with Crippen molar-refractivity contribution < 1.29 is 4.74 Å². The third-order valence-corrected chi connectivity index (χ3v) is 2.61. The maximum Gasteiger partial charge on any atom is 0.166 e. The summed E-state index contributed by atoms with van der Waals surface area (Å²) in [7, 11) is 0. The summed E-state index contributed by atoms with van der Waals surface area (Å²) >= 11 is 5.21. The number of ether oxygens (including phenoxy) is 1. The van der Waals surface area contributed by atoms with E-state index in [-0.39, 0.29) is 6.04 Å². The van der Waals surface area contributed by atoms with Crippen molar-refractivity contribution in [1.82, 2.24) is 20.4 Å². The smallest absolute Gasteiger partial charge is 0.166 e. The Hall–Kier alpha value is -1.14. The van der Waals surface area contributed by atoms with Crippen molar-refractivity contribution in [3.8, 4) is 0 Å². The molecule has 0 aliphatic heterocycles. The van der Waals surface area contributed by atoms with Crippen LogP contribution in [0.5, 0.6) is 0 Å². The zero-order valence-electron chi connectivity index (χ0n) is 11.1. The highest BCUT2D eigenvalue weighted by Gasteiger charge is 2.04. The standard InChI is InChI=1S/C12H22N4OS/c1-3-17-9-5-6-13-12(18)15-11(2)10-16-8-4-7-14-16/h4,7-8,11H,3,5-6,9-10H2,1-2H3,(H2,13,15,18). The second kappa shape index (κ2) is 8.88. The Morgan fingerprint density at radius 1 is 1.56 bits per heavy atom. The van der Waals surface area contributed by atoms with Gasteiger partial charge in [0, 0.05) is 38.2 Å². The van der Waals surface area contributed by atoms with Gasteiger partial charge in [0.2, 0.25) is 0 Å². The van der Waals surface area contributed by atoms with Gasteiger partial charge in [-0.15, -0.1) is 0 Å². The molecular weight excluding hydrogens is 248 g/mol. The Morgan fingerprint density at radius 2 is 2.39 bits per heavy atom. The average Bonchev–Trinajstić information content (AvgIpc) is 2.81. The minimum Gasteiger partial charge on any atom is -0.382 e. The lowest BCUT2D eigenvalue weighted by molar-refractivity contribution is 0.145. The molecule has 1 rings (SSSR count). The fourth-order valence-electron chi connectivity index (χ4n) is 1.53. The van der Waals surface area contributed by atoms with Crippen LogP contribution in [-0.2, 0) is 11.3 Å². The van der Waals surface area contributed by atoms with Crippen LogP contribution in [0.25, 0.3) is 0 Å². The first kappa shape index (κ1) is 14.9. The Balaban J connectivity index is 2.08. The lowest BCUT2D eigenvalue weighted by atomic mass is 10.3. The van der Waals surface area contributed by atoms with Crippen molar-refractivity contribution >= 4 is 17.3 Å². The first-order valence-electron chi connectivity index (χ1n) is 6.32. The number of aromatic nitrogens is 2. The minimum atomic E-state index is 0.247. The van der Waals surface area contributed by atoms with E-state index in [1.54, 1.807) is 6.20 Å². The fourth-order valence-corrected chi connectivity index (χ4v) is 1.83. The van der Waals surface area contributed by atoms with Crippen molar-refractivity contribution in [2.45, 2.75) is 32.9 Å². The molecule has 0 aliphatic rings. The van der Waals surface area contributed by atoms with Crippen LogP contribution in [0.4, 0.5) is 0 Å². The largest absolute Gasteiger partial charge is 0.382 e. The lowest BCUT2D eigenvalue weighted by Gasteiger charge is -2.17. The van der Waals surface area contributed by atoms with Gasteiger partial charge in [-0.25, -0.2) is 0 Å². The molecular formula is C12H22N4OS. The van der Waals surface area contributed by atoms with Crippen LogP contribution in [0.2, 0.25) is 0 Å². The second-order valence-electron chi connectivity index (χ2n) is 4.08. The van der Waals surface area contributed by atoms with E-state index in [2.05, 4.69) is 22.7 Å². The molecule has 6 heteroatoms. The molecule has 1 aromatic heterocycles. The van der Waals surface area contributed by atoms with E-state index >= 15 is 0 Å². The first-order chi connectivity index (χ1) is 8.72. The minimum absolute atomic E-state index is 0.247. The molecule has 0 saturated carbocycles. The van der Waals surface area contributed by atoms with Gasteiger partial charge >= 0.3 is 0 Å². The predicted octanol–water partition coefficient (Wildman–Crippen LogP) is 1.16. The van der Waals surface area contributed by atoms with Gasteiger partial charge in [-0.2, -0.15) is 5.10 Å². The average molecular weight is 270 g/mol. The molecule has 0 fully saturated rings. The number of hydrogen-bond donors (Lipinski definition) is 2. The SMILES string of the molecule is CCOCCCNC(=S)NC(C)Cn1cccn1. The molecule has 2 N–H and O–H groups in total. The summed E-state index contributed by atoms with van der Waals surface area (Å²) in [6.07, 6.45) is 4.68. The molecule has 0 amide bonds. The molecule has 0 bridgehead atoms. The van der Waals surface area contributed by atoms with Gasteiger partial charge in [-0.1, -0.05) is 0 Å². The fraction of sp³-hybridized carbons (Fsp3) is 0.667. The molecule has 1 heterocycles. The Morgan fingerprint density at radius 3 is 3.06 bits per heavy atom. The highest BCUT2D eigenvalue weighted by atomic mass is 32.1. The van der Waals surface area contributed by atoms with Crippen LogP contribution >= 0.6 is 12.2 Å². The van der Waals surface area contributed by atoms with Gasteiger partial charge < -0.3 is 15.4 Å². The van der Waals surface area contributed by atoms with Gasteiger partial charge in [-0.3, -0.25) is 4.68 Å². The summed E-state index contributed by atoms with van der Waals surface area (Å²) in [5, 5.41) is 11.2. The molecule has 0 spiro atoms. The predicted molar refractivity (Wildman–Crippen MR) is 76.5 cm³/mol. The van der Waals surface area contributed by atoms with Crippen LogP contribution in [-0.4, -0.2) is 40.7 Å². The van der Waals surface area contributed by atoms with E-state index in [1.807, 2.05) is 23.9 Å². The summed E-state index contributed by atoms with van der Waals surface area (Å²) in [6.45, 7) is 7.25. The summed E-state index contributed by atoms with van der Waals surface area (Å²) < 4.78 is 7.14. The van der Waals surface area contributed by atoms with E-state index in [0.29, 0.717) is 5.11 Å². The van der Waals surface area contributed by atoms with Crippen molar-refractivity contribution in [2.24, 2.45) is 0 Å². The number of rotatable bonds is 8. The molecule has 18 heavy (non-hydrogen) atoms. The number of nitrogens with zero attached hydrogens (tertiary/aromatic N) is 2. The Bertz CT molecular complexity index is 329. The topological polar surface area (TPSA) is 51.1 Å². The van der Waals surface area contributed by atoms with Crippen molar-refractivity contribution in [2.75, 3.05) is 19.8 Å².